The highest BCUT2D eigenvalue weighted by atomic mass is 35.5. The number of hydrogen-bond acceptors (Lipinski definition) is 3. The van der Waals surface area contributed by atoms with Gasteiger partial charge in [0.1, 0.15) is 16.8 Å². The van der Waals surface area contributed by atoms with Gasteiger partial charge < -0.3 is 4.90 Å². The fourth-order valence-electron chi connectivity index (χ4n) is 1.68. The van der Waals surface area contributed by atoms with Crippen molar-refractivity contribution in [1.29, 1.82) is 0 Å². The zero-order chi connectivity index (χ0) is 13.9. The van der Waals surface area contributed by atoms with E-state index >= 15 is 0 Å². The first-order valence-corrected chi connectivity index (χ1v) is 6.95. The van der Waals surface area contributed by atoms with E-state index < -0.39 is 0 Å². The standard InChI is InChI=1S/C14H24ClN3/c1-9(2)7-8-18(6)14-11(5)12(15)16-13(17-14)10(3)4/h9-10H,7-8H2,1-6H3. The normalized spacial score (nSPS) is 11.4. The molecule has 0 aromatic carbocycles. The van der Waals surface area contributed by atoms with Crippen molar-refractivity contribution in [3.8, 4) is 0 Å². The fourth-order valence-corrected chi connectivity index (χ4v) is 1.85. The van der Waals surface area contributed by atoms with E-state index in [1.807, 2.05) is 6.92 Å². The van der Waals surface area contributed by atoms with Crippen molar-refractivity contribution in [2.45, 2.75) is 47.0 Å². The highest BCUT2D eigenvalue weighted by Crippen LogP contribution is 2.25. The van der Waals surface area contributed by atoms with Crippen LogP contribution in [0.3, 0.4) is 0 Å². The summed E-state index contributed by atoms with van der Waals surface area (Å²) < 4.78 is 0. The van der Waals surface area contributed by atoms with Crippen LogP contribution in [-0.2, 0) is 0 Å². The molecule has 18 heavy (non-hydrogen) atoms. The highest BCUT2D eigenvalue weighted by Gasteiger charge is 2.14. The molecular weight excluding hydrogens is 246 g/mol. The van der Waals surface area contributed by atoms with E-state index in [-0.39, 0.29) is 0 Å². The maximum absolute atomic E-state index is 6.19. The molecule has 0 fully saturated rings. The summed E-state index contributed by atoms with van der Waals surface area (Å²) in [6.07, 6.45) is 1.15. The van der Waals surface area contributed by atoms with Gasteiger partial charge in [-0.15, -0.1) is 0 Å². The molecule has 0 aliphatic carbocycles. The number of anilines is 1. The van der Waals surface area contributed by atoms with Gasteiger partial charge in [-0.1, -0.05) is 39.3 Å². The summed E-state index contributed by atoms with van der Waals surface area (Å²) in [5.74, 6) is 2.76. The molecule has 0 saturated carbocycles. The van der Waals surface area contributed by atoms with Gasteiger partial charge in [0, 0.05) is 25.1 Å². The first-order valence-electron chi connectivity index (χ1n) is 6.58. The molecule has 0 aliphatic rings. The molecule has 0 spiro atoms. The van der Waals surface area contributed by atoms with Crippen LogP contribution in [-0.4, -0.2) is 23.6 Å². The van der Waals surface area contributed by atoms with Crippen molar-refractivity contribution in [2.75, 3.05) is 18.5 Å². The molecule has 4 heteroatoms. The van der Waals surface area contributed by atoms with E-state index in [2.05, 4.69) is 49.6 Å². The van der Waals surface area contributed by atoms with Gasteiger partial charge >= 0.3 is 0 Å². The monoisotopic (exact) mass is 269 g/mol. The van der Waals surface area contributed by atoms with Crippen LogP contribution in [0.15, 0.2) is 0 Å². The molecule has 1 aromatic rings. The Morgan fingerprint density at radius 2 is 1.78 bits per heavy atom. The lowest BCUT2D eigenvalue weighted by Crippen LogP contribution is -2.23. The number of aromatic nitrogens is 2. The highest BCUT2D eigenvalue weighted by molar-refractivity contribution is 6.30. The Morgan fingerprint density at radius 1 is 1.17 bits per heavy atom. The molecule has 0 saturated heterocycles. The molecule has 0 N–H and O–H groups in total. The summed E-state index contributed by atoms with van der Waals surface area (Å²) in [4.78, 5) is 11.2. The molecule has 0 aliphatic heterocycles. The minimum Gasteiger partial charge on any atom is -0.359 e. The van der Waals surface area contributed by atoms with Crippen molar-refractivity contribution < 1.29 is 0 Å². The fraction of sp³-hybridized carbons (Fsp3) is 0.714. The van der Waals surface area contributed by atoms with E-state index in [9.17, 15) is 0 Å². The van der Waals surface area contributed by atoms with Crippen molar-refractivity contribution in [1.82, 2.24) is 9.97 Å². The van der Waals surface area contributed by atoms with Crippen LogP contribution in [0, 0.1) is 12.8 Å². The van der Waals surface area contributed by atoms with Crippen molar-refractivity contribution in [3.05, 3.63) is 16.5 Å². The molecule has 3 nitrogen and oxygen atoms in total. The molecule has 0 bridgehead atoms. The molecule has 1 heterocycles. The average Bonchev–Trinajstić information content (AvgIpc) is 2.29. The largest absolute Gasteiger partial charge is 0.359 e. The maximum atomic E-state index is 6.19. The third-order valence-electron chi connectivity index (χ3n) is 3.00. The van der Waals surface area contributed by atoms with Gasteiger partial charge in [-0.25, -0.2) is 9.97 Å². The molecule has 1 aromatic heterocycles. The third kappa shape index (κ3) is 3.84. The van der Waals surface area contributed by atoms with Crippen LogP contribution in [0.4, 0.5) is 5.82 Å². The Labute approximate surface area is 116 Å². The van der Waals surface area contributed by atoms with Gasteiger partial charge in [0.15, 0.2) is 0 Å². The lowest BCUT2D eigenvalue weighted by atomic mass is 10.1. The molecular formula is C14H24ClN3. The number of halogens is 1. The van der Waals surface area contributed by atoms with Gasteiger partial charge in [-0.2, -0.15) is 0 Å². The Hall–Kier alpha value is -0.830. The summed E-state index contributed by atoms with van der Waals surface area (Å²) in [6.45, 7) is 11.6. The predicted molar refractivity (Wildman–Crippen MR) is 78.6 cm³/mol. The summed E-state index contributed by atoms with van der Waals surface area (Å²) in [5, 5.41) is 0.570. The van der Waals surface area contributed by atoms with Crippen LogP contribution in [0.5, 0.6) is 0 Å². The lowest BCUT2D eigenvalue weighted by Gasteiger charge is -2.22. The molecule has 102 valence electrons. The van der Waals surface area contributed by atoms with Crippen molar-refractivity contribution in [2.24, 2.45) is 5.92 Å². The minimum absolute atomic E-state index is 0.292. The Morgan fingerprint density at radius 3 is 2.28 bits per heavy atom. The number of nitrogens with zero attached hydrogens (tertiary/aromatic N) is 3. The molecule has 1 rings (SSSR count). The predicted octanol–water partition coefficient (Wildman–Crippen LogP) is 4.04. The quantitative estimate of drug-likeness (QED) is 0.756. The van der Waals surface area contributed by atoms with Crippen molar-refractivity contribution in [3.63, 3.8) is 0 Å². The number of hydrogen-bond donors (Lipinski definition) is 0. The van der Waals surface area contributed by atoms with Gasteiger partial charge in [0.25, 0.3) is 0 Å². The molecule has 0 unspecified atom stereocenters. The maximum Gasteiger partial charge on any atom is 0.137 e. The number of rotatable bonds is 5. The van der Waals surface area contributed by atoms with Crippen LogP contribution in [0.25, 0.3) is 0 Å². The van der Waals surface area contributed by atoms with Gasteiger partial charge in [0.2, 0.25) is 0 Å². The van der Waals surface area contributed by atoms with E-state index in [1.54, 1.807) is 0 Å². The zero-order valence-electron chi connectivity index (χ0n) is 12.3. The summed E-state index contributed by atoms with van der Waals surface area (Å²) in [7, 11) is 2.07. The smallest absolute Gasteiger partial charge is 0.137 e. The second-order valence-corrected chi connectivity index (χ2v) is 5.94. The van der Waals surface area contributed by atoms with Crippen LogP contribution in [0.2, 0.25) is 5.15 Å². The Bertz CT molecular complexity index is 402. The van der Waals surface area contributed by atoms with Gasteiger partial charge in [0.05, 0.1) is 0 Å². The first-order chi connectivity index (χ1) is 8.32. The second-order valence-electron chi connectivity index (χ2n) is 5.58. The van der Waals surface area contributed by atoms with Gasteiger partial charge in [-0.3, -0.25) is 0 Å². The Balaban J connectivity index is 2.99. The van der Waals surface area contributed by atoms with Crippen LogP contribution >= 0.6 is 11.6 Å². The Kier molecular flexibility index (Phi) is 5.39. The lowest BCUT2D eigenvalue weighted by molar-refractivity contribution is 0.582. The first kappa shape index (κ1) is 15.2. The summed E-state index contributed by atoms with van der Waals surface area (Å²) >= 11 is 6.19. The average molecular weight is 270 g/mol. The van der Waals surface area contributed by atoms with E-state index in [1.165, 1.54) is 0 Å². The third-order valence-corrected chi connectivity index (χ3v) is 3.37. The van der Waals surface area contributed by atoms with Crippen LogP contribution < -0.4 is 4.90 Å². The summed E-state index contributed by atoms with van der Waals surface area (Å²) in [5.41, 5.74) is 0.965. The van der Waals surface area contributed by atoms with E-state index in [0.29, 0.717) is 17.0 Å². The van der Waals surface area contributed by atoms with Crippen LogP contribution in [0.1, 0.15) is 51.4 Å². The SMILES string of the molecule is Cc1c(Cl)nc(C(C)C)nc1N(C)CCC(C)C. The van der Waals surface area contributed by atoms with E-state index in [4.69, 9.17) is 11.6 Å². The van der Waals surface area contributed by atoms with Gasteiger partial charge in [-0.05, 0) is 19.3 Å². The molecule has 0 radical (unpaired) electrons. The second kappa shape index (κ2) is 6.37. The summed E-state index contributed by atoms with van der Waals surface area (Å²) in [6, 6.07) is 0. The molecule has 0 amide bonds. The topological polar surface area (TPSA) is 29.0 Å². The van der Waals surface area contributed by atoms with E-state index in [0.717, 1.165) is 30.2 Å². The van der Waals surface area contributed by atoms with Crippen molar-refractivity contribution >= 4 is 17.4 Å². The molecule has 0 atom stereocenters. The zero-order valence-corrected chi connectivity index (χ0v) is 13.0. The minimum atomic E-state index is 0.292.